The number of sulfonamides is 1. The van der Waals surface area contributed by atoms with Crippen LogP contribution in [0.4, 0.5) is 0 Å². The first-order valence-electron chi connectivity index (χ1n) is 5.35. The minimum atomic E-state index is -3.53. The van der Waals surface area contributed by atoms with Crippen molar-refractivity contribution in [1.82, 2.24) is 4.31 Å². The van der Waals surface area contributed by atoms with E-state index in [4.69, 9.17) is 16.7 Å². The minimum absolute atomic E-state index is 0.262. The lowest BCUT2D eigenvalue weighted by Gasteiger charge is -2.14. The summed E-state index contributed by atoms with van der Waals surface area (Å²) >= 11 is 5.84. The van der Waals surface area contributed by atoms with E-state index in [2.05, 4.69) is 0 Å². The Morgan fingerprint density at radius 1 is 1.33 bits per heavy atom. The first-order chi connectivity index (χ1) is 8.38. The Morgan fingerprint density at radius 2 is 2.00 bits per heavy atom. The maximum atomic E-state index is 11.9. The smallest absolute Gasteiger partial charge is 0.304 e. The lowest BCUT2D eigenvalue weighted by molar-refractivity contribution is -0.136. The van der Waals surface area contributed by atoms with E-state index in [-0.39, 0.29) is 25.3 Å². The van der Waals surface area contributed by atoms with Crippen molar-refractivity contribution in [2.45, 2.75) is 19.5 Å². The van der Waals surface area contributed by atoms with Crippen molar-refractivity contribution in [3.8, 4) is 0 Å². The van der Waals surface area contributed by atoms with Crippen LogP contribution in [-0.2, 0) is 27.9 Å². The van der Waals surface area contributed by atoms with Gasteiger partial charge in [0.05, 0.1) is 12.2 Å². The summed E-state index contributed by atoms with van der Waals surface area (Å²) in [5.74, 6) is -1.48. The van der Waals surface area contributed by atoms with Gasteiger partial charge in [-0.15, -0.1) is 0 Å². The Labute approximate surface area is 110 Å². The van der Waals surface area contributed by atoms with Crippen LogP contribution in [0.15, 0.2) is 18.2 Å². The van der Waals surface area contributed by atoms with E-state index in [0.717, 1.165) is 11.1 Å². The topological polar surface area (TPSA) is 74.7 Å². The molecule has 7 heteroatoms. The molecule has 0 radical (unpaired) electrons. The largest absolute Gasteiger partial charge is 0.481 e. The molecule has 0 atom stereocenters. The fraction of sp³-hybridized carbons (Fsp3) is 0.364. The molecule has 0 amide bonds. The van der Waals surface area contributed by atoms with Gasteiger partial charge in [0.15, 0.2) is 0 Å². The highest BCUT2D eigenvalue weighted by atomic mass is 35.5. The summed E-state index contributed by atoms with van der Waals surface area (Å²) in [6.07, 6.45) is -0.379. The molecule has 0 aromatic heterocycles. The molecule has 0 aliphatic carbocycles. The van der Waals surface area contributed by atoms with Gasteiger partial charge in [-0.2, -0.15) is 4.31 Å². The van der Waals surface area contributed by atoms with Crippen LogP contribution in [0.5, 0.6) is 0 Å². The molecule has 98 valence electrons. The van der Waals surface area contributed by atoms with Gasteiger partial charge in [-0.1, -0.05) is 17.7 Å². The third kappa shape index (κ3) is 2.82. The van der Waals surface area contributed by atoms with E-state index in [1.807, 2.05) is 0 Å². The van der Waals surface area contributed by atoms with Crippen LogP contribution in [0, 0.1) is 0 Å². The number of benzene rings is 1. The van der Waals surface area contributed by atoms with E-state index in [1.165, 1.54) is 4.31 Å². The standard InChI is InChI=1S/C11H12ClNO4S/c12-10-2-1-8-6-13(7-9(8)5-10)18(16,17)4-3-11(14)15/h1-2,5H,3-4,6-7H2,(H,14,15). The van der Waals surface area contributed by atoms with Crippen LogP contribution in [0.3, 0.4) is 0 Å². The van der Waals surface area contributed by atoms with Crippen LogP contribution < -0.4 is 0 Å². The average molecular weight is 290 g/mol. The third-order valence-corrected chi connectivity index (χ3v) is 4.83. The molecule has 18 heavy (non-hydrogen) atoms. The Kier molecular flexibility index (Phi) is 3.61. The van der Waals surface area contributed by atoms with Crippen molar-refractivity contribution >= 4 is 27.6 Å². The molecule has 1 aliphatic rings. The van der Waals surface area contributed by atoms with Crippen LogP contribution in [0.2, 0.25) is 5.02 Å². The number of hydrogen-bond acceptors (Lipinski definition) is 3. The molecular weight excluding hydrogens is 278 g/mol. The molecule has 2 rings (SSSR count). The van der Waals surface area contributed by atoms with Crippen LogP contribution in [0.1, 0.15) is 17.5 Å². The summed E-state index contributed by atoms with van der Waals surface area (Å²) in [6.45, 7) is 0.548. The van der Waals surface area contributed by atoms with Crippen molar-refractivity contribution in [1.29, 1.82) is 0 Å². The Morgan fingerprint density at radius 3 is 2.67 bits per heavy atom. The zero-order chi connectivity index (χ0) is 13.3. The molecule has 1 aliphatic heterocycles. The van der Waals surface area contributed by atoms with Crippen molar-refractivity contribution in [3.05, 3.63) is 34.3 Å². The highest BCUT2D eigenvalue weighted by molar-refractivity contribution is 7.89. The first-order valence-corrected chi connectivity index (χ1v) is 7.34. The van der Waals surface area contributed by atoms with Gasteiger partial charge >= 0.3 is 5.97 Å². The number of carboxylic acids is 1. The van der Waals surface area contributed by atoms with Crippen molar-refractivity contribution in [2.24, 2.45) is 0 Å². The molecule has 1 aromatic rings. The van der Waals surface area contributed by atoms with Crippen molar-refractivity contribution in [2.75, 3.05) is 5.75 Å². The summed E-state index contributed by atoms with van der Waals surface area (Å²) in [6, 6.07) is 5.25. The molecule has 0 spiro atoms. The fourth-order valence-corrected chi connectivity index (χ4v) is 3.43. The monoisotopic (exact) mass is 289 g/mol. The molecule has 0 saturated heterocycles. The summed E-state index contributed by atoms with van der Waals surface area (Å²) in [5.41, 5.74) is 1.79. The zero-order valence-electron chi connectivity index (χ0n) is 9.47. The Balaban J connectivity index is 2.13. The number of hydrogen-bond donors (Lipinski definition) is 1. The Hall–Kier alpha value is -1.11. The molecule has 5 nitrogen and oxygen atoms in total. The van der Waals surface area contributed by atoms with E-state index < -0.39 is 16.0 Å². The SMILES string of the molecule is O=C(O)CCS(=O)(=O)N1Cc2ccc(Cl)cc2C1. The number of halogens is 1. The molecule has 1 aromatic carbocycles. The van der Waals surface area contributed by atoms with Gasteiger partial charge in [0.2, 0.25) is 10.0 Å². The lowest BCUT2D eigenvalue weighted by Crippen LogP contribution is -2.29. The van der Waals surface area contributed by atoms with Crippen LogP contribution in [0.25, 0.3) is 0 Å². The van der Waals surface area contributed by atoms with Gasteiger partial charge in [0.1, 0.15) is 0 Å². The first kappa shape index (κ1) is 13.3. The third-order valence-electron chi connectivity index (χ3n) is 2.83. The second-order valence-corrected chi connectivity index (χ2v) is 6.67. The number of aliphatic carboxylic acids is 1. The van der Waals surface area contributed by atoms with E-state index in [0.29, 0.717) is 5.02 Å². The molecule has 0 unspecified atom stereocenters. The summed E-state index contributed by atoms with van der Waals surface area (Å²) in [7, 11) is -3.53. The molecule has 1 N–H and O–H groups in total. The van der Waals surface area contributed by atoms with Crippen LogP contribution >= 0.6 is 11.6 Å². The summed E-state index contributed by atoms with van der Waals surface area (Å²) in [5, 5.41) is 9.10. The van der Waals surface area contributed by atoms with Gasteiger partial charge < -0.3 is 5.11 Å². The van der Waals surface area contributed by atoms with Crippen molar-refractivity contribution < 1.29 is 18.3 Å². The number of fused-ring (bicyclic) bond motifs is 1. The molecule has 0 fully saturated rings. The Bertz CT molecular complexity index is 585. The van der Waals surface area contributed by atoms with E-state index >= 15 is 0 Å². The van der Waals surface area contributed by atoms with Gasteiger partial charge in [0, 0.05) is 18.1 Å². The van der Waals surface area contributed by atoms with Crippen molar-refractivity contribution in [3.63, 3.8) is 0 Å². The number of rotatable bonds is 4. The summed E-state index contributed by atoms with van der Waals surface area (Å²) in [4.78, 5) is 10.4. The molecule has 0 saturated carbocycles. The van der Waals surface area contributed by atoms with Gasteiger partial charge in [0.25, 0.3) is 0 Å². The van der Waals surface area contributed by atoms with Gasteiger partial charge in [-0.05, 0) is 23.3 Å². The normalized spacial score (nSPS) is 15.6. The quantitative estimate of drug-likeness (QED) is 0.910. The van der Waals surface area contributed by atoms with E-state index in [1.54, 1.807) is 18.2 Å². The second-order valence-electron chi connectivity index (χ2n) is 4.14. The highest BCUT2D eigenvalue weighted by Crippen LogP contribution is 2.27. The van der Waals surface area contributed by atoms with Gasteiger partial charge in [-0.25, -0.2) is 8.42 Å². The zero-order valence-corrected chi connectivity index (χ0v) is 11.0. The minimum Gasteiger partial charge on any atom is -0.481 e. The number of carboxylic acid groups (broad SMARTS) is 1. The van der Waals surface area contributed by atoms with Crippen LogP contribution in [-0.4, -0.2) is 29.6 Å². The fourth-order valence-electron chi connectivity index (χ4n) is 1.87. The second kappa shape index (κ2) is 4.87. The molecule has 0 bridgehead atoms. The summed E-state index contributed by atoms with van der Waals surface area (Å²) < 4.78 is 25.1. The van der Waals surface area contributed by atoms with Gasteiger partial charge in [-0.3, -0.25) is 4.79 Å². The predicted molar refractivity (Wildman–Crippen MR) is 66.7 cm³/mol. The average Bonchev–Trinajstić information content (AvgIpc) is 2.70. The molecule has 1 heterocycles. The number of carbonyl (C=O) groups is 1. The molecular formula is C11H12ClNO4S. The maximum absolute atomic E-state index is 11.9. The lowest BCUT2D eigenvalue weighted by atomic mass is 10.1. The predicted octanol–water partition coefficient (Wildman–Crippen LogP) is 1.46. The maximum Gasteiger partial charge on any atom is 0.304 e. The van der Waals surface area contributed by atoms with E-state index in [9.17, 15) is 13.2 Å². The highest BCUT2D eigenvalue weighted by Gasteiger charge is 2.29. The number of nitrogens with zero attached hydrogens (tertiary/aromatic N) is 1.